The Bertz CT molecular complexity index is 2010. The Labute approximate surface area is 559 Å². The number of hydrogen-bond donors (Lipinski definition) is 12. The molecule has 3 heterocycles. The number of aliphatic hydroxyl groups excluding tert-OH is 11. The predicted octanol–water partition coefficient (Wildman–Crippen LogP) is 10.3. The lowest BCUT2D eigenvalue weighted by Crippen LogP contribution is -2.66. The summed E-state index contributed by atoms with van der Waals surface area (Å²) in [6.07, 6.45) is 44.3. The van der Waals surface area contributed by atoms with Crippen molar-refractivity contribution in [3.05, 3.63) is 85.1 Å². The van der Waals surface area contributed by atoms with Crippen LogP contribution in [0.25, 0.3) is 0 Å². The maximum Gasteiger partial charge on any atom is 0.220 e. The molecule has 19 heteroatoms. The quantitative estimate of drug-likeness (QED) is 0.0199. The van der Waals surface area contributed by atoms with Crippen molar-refractivity contribution in [2.75, 3.05) is 26.4 Å². The van der Waals surface area contributed by atoms with Crippen LogP contribution in [0.15, 0.2) is 85.1 Å². The number of aliphatic hydroxyl groups is 11. The molecule has 1 amide bonds. The third kappa shape index (κ3) is 36.4. The number of carbonyl (C=O) groups is 1. The van der Waals surface area contributed by atoms with Gasteiger partial charge in [0, 0.05) is 6.42 Å². The Balaban J connectivity index is 1.27. The molecule has 3 saturated heterocycles. The summed E-state index contributed by atoms with van der Waals surface area (Å²) in [6.45, 7) is 1.64. The minimum atomic E-state index is -1.97. The first-order valence-electron chi connectivity index (χ1n) is 36.3. The zero-order chi connectivity index (χ0) is 67.5. The van der Waals surface area contributed by atoms with E-state index in [1.807, 2.05) is 0 Å². The molecule has 538 valence electrons. The molecule has 17 atom stereocenters. The van der Waals surface area contributed by atoms with E-state index in [9.17, 15) is 61.0 Å². The molecule has 3 rings (SSSR count). The van der Waals surface area contributed by atoms with Crippen LogP contribution in [-0.2, 0) is 33.2 Å². The fraction of sp³-hybridized carbons (Fsp3) is 0.797. The van der Waals surface area contributed by atoms with Crippen molar-refractivity contribution in [1.29, 1.82) is 0 Å². The summed E-state index contributed by atoms with van der Waals surface area (Å²) in [5.74, 6) is -0.246. The Morgan fingerprint density at radius 2 is 0.742 bits per heavy atom. The van der Waals surface area contributed by atoms with Crippen molar-refractivity contribution in [3.8, 4) is 0 Å². The Kier molecular flexibility index (Phi) is 49.7. The summed E-state index contributed by atoms with van der Waals surface area (Å²) >= 11 is 0. The van der Waals surface area contributed by atoms with Crippen LogP contribution in [0.3, 0.4) is 0 Å². The van der Waals surface area contributed by atoms with Gasteiger partial charge in [-0.1, -0.05) is 253 Å². The summed E-state index contributed by atoms with van der Waals surface area (Å²) in [7, 11) is 0. The number of allylic oxidation sites excluding steroid dienone is 14. The Morgan fingerprint density at radius 3 is 1.16 bits per heavy atom. The van der Waals surface area contributed by atoms with Gasteiger partial charge in [0.1, 0.15) is 73.2 Å². The highest BCUT2D eigenvalue weighted by molar-refractivity contribution is 5.76. The van der Waals surface area contributed by atoms with E-state index in [1.54, 1.807) is 0 Å². The van der Waals surface area contributed by atoms with Gasteiger partial charge in [0.05, 0.1) is 38.6 Å². The maximum atomic E-state index is 13.4. The van der Waals surface area contributed by atoms with E-state index in [0.717, 1.165) is 89.9 Å². The molecule has 0 radical (unpaired) electrons. The first-order valence-corrected chi connectivity index (χ1v) is 36.3. The highest BCUT2D eigenvalue weighted by atomic mass is 16.8. The molecule has 0 aromatic carbocycles. The first kappa shape index (κ1) is 84.2. The zero-order valence-electron chi connectivity index (χ0n) is 57.0. The molecule has 93 heavy (non-hydrogen) atoms. The van der Waals surface area contributed by atoms with Gasteiger partial charge in [-0.05, 0) is 70.6 Å². The van der Waals surface area contributed by atoms with Crippen LogP contribution in [0, 0.1) is 0 Å². The summed E-state index contributed by atoms with van der Waals surface area (Å²) < 4.78 is 34.3. The molecule has 12 N–H and O–H groups in total. The van der Waals surface area contributed by atoms with E-state index >= 15 is 0 Å². The largest absolute Gasteiger partial charge is 0.394 e. The second kappa shape index (κ2) is 54.9. The van der Waals surface area contributed by atoms with Gasteiger partial charge in [-0.3, -0.25) is 4.79 Å². The average Bonchev–Trinajstić information content (AvgIpc) is 0.828. The molecule has 0 bridgehead atoms. The van der Waals surface area contributed by atoms with Gasteiger partial charge in [0.15, 0.2) is 18.9 Å². The summed E-state index contributed by atoms with van der Waals surface area (Å²) in [5, 5.41) is 120. The number of amides is 1. The van der Waals surface area contributed by atoms with Crippen LogP contribution in [0.1, 0.15) is 245 Å². The average molecular weight is 1320 g/mol. The van der Waals surface area contributed by atoms with E-state index in [4.69, 9.17) is 28.4 Å². The Morgan fingerprint density at radius 1 is 0.398 bits per heavy atom. The van der Waals surface area contributed by atoms with Crippen molar-refractivity contribution in [2.45, 2.75) is 349 Å². The van der Waals surface area contributed by atoms with Gasteiger partial charge in [0.25, 0.3) is 0 Å². The lowest BCUT2D eigenvalue weighted by molar-refractivity contribution is -0.379. The molecule has 19 nitrogen and oxygen atoms in total. The predicted molar refractivity (Wildman–Crippen MR) is 364 cm³/mol. The fourth-order valence-electron chi connectivity index (χ4n) is 11.9. The lowest BCUT2D eigenvalue weighted by atomic mass is 9.96. The van der Waals surface area contributed by atoms with Crippen LogP contribution in [0.5, 0.6) is 0 Å². The molecule has 0 spiro atoms. The van der Waals surface area contributed by atoms with Gasteiger partial charge >= 0.3 is 0 Å². The van der Waals surface area contributed by atoms with Crippen molar-refractivity contribution in [3.63, 3.8) is 0 Å². The summed E-state index contributed by atoms with van der Waals surface area (Å²) in [5.41, 5.74) is 0. The van der Waals surface area contributed by atoms with Gasteiger partial charge in [-0.15, -0.1) is 0 Å². The zero-order valence-corrected chi connectivity index (χ0v) is 57.0. The van der Waals surface area contributed by atoms with E-state index in [1.165, 1.54) is 122 Å². The molecule has 3 fully saturated rings. The van der Waals surface area contributed by atoms with E-state index < -0.39 is 124 Å². The van der Waals surface area contributed by atoms with E-state index in [0.29, 0.717) is 12.8 Å². The third-order valence-electron chi connectivity index (χ3n) is 17.7. The molecular weight excluding hydrogens is 1190 g/mol. The van der Waals surface area contributed by atoms with Crippen LogP contribution in [-0.4, -0.2) is 193 Å². The van der Waals surface area contributed by atoms with Crippen molar-refractivity contribution >= 4 is 5.91 Å². The number of unbranched alkanes of at least 4 members (excludes halogenated alkanes) is 25. The number of hydrogen-bond acceptors (Lipinski definition) is 18. The fourth-order valence-corrected chi connectivity index (χ4v) is 11.9. The monoisotopic (exact) mass is 1320 g/mol. The summed E-state index contributed by atoms with van der Waals surface area (Å²) in [6, 6.07) is -0.887. The minimum absolute atomic E-state index is 0.246. The molecule has 0 aromatic rings. The second-order valence-electron chi connectivity index (χ2n) is 25.7. The number of nitrogens with one attached hydrogen (secondary N) is 1. The van der Waals surface area contributed by atoms with Crippen molar-refractivity contribution in [1.82, 2.24) is 5.32 Å². The normalized spacial score (nSPS) is 28.0. The molecular formula is C74H129NO18. The van der Waals surface area contributed by atoms with Crippen LogP contribution < -0.4 is 5.32 Å². The molecule has 0 aromatic heterocycles. The highest BCUT2D eigenvalue weighted by Crippen LogP contribution is 2.33. The Hall–Kier alpha value is -3.03. The number of ether oxygens (including phenoxy) is 6. The van der Waals surface area contributed by atoms with Gasteiger partial charge in [-0.25, -0.2) is 0 Å². The first-order chi connectivity index (χ1) is 45.3. The molecule has 3 aliphatic heterocycles. The molecule has 17 unspecified atom stereocenters. The van der Waals surface area contributed by atoms with E-state index in [2.05, 4.69) is 104 Å². The SMILES string of the molecule is CC/C=C\C/C=C\C/C=C\C/C=C\C/C=C\C/C=C\C/C=C\CCCCCCCCCCCCCCCCCCCC(=O)NC(COC1OC(CO)C(OC2OC(CO)C(OC3OC(CO)C(O)C(O)C3O)C(O)C2O)C(O)C1O)C(O)CCCCCCCCCCC. The molecule has 3 aliphatic rings. The minimum Gasteiger partial charge on any atom is -0.394 e. The number of carbonyl (C=O) groups excluding carboxylic acids is 1. The third-order valence-corrected chi connectivity index (χ3v) is 17.7. The second-order valence-corrected chi connectivity index (χ2v) is 25.7. The molecule has 0 saturated carbocycles. The standard InChI is InChI=1S/C74H129NO18/c1-3-5-7-9-11-13-14-15-16-17-18-19-20-21-22-23-24-25-26-27-28-29-30-31-32-33-34-35-36-37-38-39-40-41-42-44-46-48-50-52-62(80)75-57(58(79)51-49-47-45-43-12-10-8-6-4-2)56-88-72-68(86)65(83)70(60(54-77)90-72)93-74-69(87)66(84)71(61(55-78)91-74)92-73-67(85)64(82)63(81)59(53-76)89-73/h5,7,11,13,15-16,18-19,21-22,24-25,27-28,57-61,63-74,76-79,81-87H,3-4,6,8-10,12,14,17,20,23,26,29-56H2,1-2H3,(H,75,80)/b7-5-,13-11-,16-15-,19-18-,22-21-,25-24-,28-27-. The van der Waals surface area contributed by atoms with Gasteiger partial charge < -0.3 is 89.9 Å². The van der Waals surface area contributed by atoms with Gasteiger partial charge in [-0.2, -0.15) is 0 Å². The summed E-state index contributed by atoms with van der Waals surface area (Å²) in [4.78, 5) is 13.4. The van der Waals surface area contributed by atoms with Gasteiger partial charge in [0.2, 0.25) is 5.91 Å². The van der Waals surface area contributed by atoms with E-state index in [-0.39, 0.29) is 18.9 Å². The van der Waals surface area contributed by atoms with Crippen molar-refractivity contribution in [2.24, 2.45) is 0 Å². The van der Waals surface area contributed by atoms with Crippen LogP contribution in [0.4, 0.5) is 0 Å². The highest BCUT2D eigenvalue weighted by Gasteiger charge is 2.53. The smallest absolute Gasteiger partial charge is 0.220 e. The topological polar surface area (TPSA) is 307 Å². The van der Waals surface area contributed by atoms with Crippen molar-refractivity contribution < 1.29 is 89.4 Å². The lowest BCUT2D eigenvalue weighted by Gasteiger charge is -2.48. The maximum absolute atomic E-state index is 13.4. The number of rotatable bonds is 55. The van der Waals surface area contributed by atoms with Crippen LogP contribution in [0.2, 0.25) is 0 Å². The van der Waals surface area contributed by atoms with Crippen LogP contribution >= 0.6 is 0 Å². The molecule has 0 aliphatic carbocycles.